The van der Waals surface area contributed by atoms with E-state index < -0.39 is 120 Å². The van der Waals surface area contributed by atoms with Crippen molar-refractivity contribution < 1.29 is 91.3 Å². The zero-order chi connectivity index (χ0) is 39.9. The maximum atomic E-state index is 12.6. The number of rotatable bonds is 16. The van der Waals surface area contributed by atoms with Crippen LogP contribution in [0.1, 0.15) is 40.9 Å². The molecule has 1 amide bonds. The number of carbonyl (C=O) groups is 3. The molecule has 14 N–H and O–H groups in total. The number of fused-ring (bicyclic) bond motifs is 1. The Morgan fingerprint density at radius 1 is 0.963 bits per heavy atom. The number of aliphatic hydroxyl groups is 5. The summed E-state index contributed by atoms with van der Waals surface area (Å²) >= 11 is 0. The number of aliphatic carboxylic acids is 1. The van der Waals surface area contributed by atoms with E-state index in [4.69, 9.17) is 36.3 Å². The number of ketones is 1. The maximum absolute atomic E-state index is 12.6. The third-order valence-corrected chi connectivity index (χ3v) is 10.9. The summed E-state index contributed by atoms with van der Waals surface area (Å²) in [6.07, 6.45) is -11.5. The molecule has 296 valence electrons. The van der Waals surface area contributed by atoms with Gasteiger partial charge in [0.15, 0.2) is 42.0 Å². The van der Waals surface area contributed by atoms with Gasteiger partial charge in [0.05, 0.1) is 19.5 Å². The molecule has 2 saturated heterocycles. The minimum absolute atomic E-state index is 0.0186. The number of carboxylic acids is 1. The zero-order valence-corrected chi connectivity index (χ0v) is 29.1. The molecule has 5 heterocycles. The first-order chi connectivity index (χ1) is 25.2. The number of Topliss-reactive ketones (excluding diaryl/α,β-unsaturated/α-hetero) is 1. The molecule has 3 aromatic rings. The van der Waals surface area contributed by atoms with Crippen LogP contribution in [0.4, 0.5) is 5.82 Å². The van der Waals surface area contributed by atoms with Crippen molar-refractivity contribution >= 4 is 50.3 Å². The maximum Gasteiger partial charge on any atom is 0.481 e. The molecule has 2 fully saturated rings. The van der Waals surface area contributed by atoms with Crippen molar-refractivity contribution in [1.29, 1.82) is 0 Å². The zero-order valence-electron chi connectivity index (χ0n) is 27.3. The molecule has 12 unspecified atom stereocenters. The quantitative estimate of drug-likeness (QED) is 0.0479. The number of nitrogens with two attached hydrogens (primary N) is 3. The number of imidazole rings is 1. The van der Waals surface area contributed by atoms with Gasteiger partial charge in [-0.1, -0.05) is 0 Å². The van der Waals surface area contributed by atoms with Gasteiger partial charge in [-0.05, 0) is 0 Å². The highest BCUT2D eigenvalue weighted by atomic mass is 31.3. The molecule has 2 aliphatic rings. The SMILES string of the molecule is NC(=O)c1c[n+](C2OC(COP(=O)(O)OP(=O)(O)OCC3OC(n4cnc5c(N)ncnc54)C(O)C3O)C(O)C2O)ccc1C(O)C(=O)CC(N)C(=O)O. The summed E-state index contributed by atoms with van der Waals surface area (Å²) in [6, 6.07) is -0.620. The Kier molecular flexibility index (Phi) is 12.2. The first-order valence-corrected chi connectivity index (χ1v) is 18.4. The highest BCUT2D eigenvalue weighted by molar-refractivity contribution is 7.61. The second-order valence-corrected chi connectivity index (χ2v) is 15.0. The van der Waals surface area contributed by atoms with E-state index in [2.05, 4.69) is 23.8 Å². The Morgan fingerprint density at radius 3 is 2.19 bits per heavy atom. The second kappa shape index (κ2) is 16.0. The number of aliphatic hydroxyl groups excluding tert-OH is 5. The van der Waals surface area contributed by atoms with E-state index in [0.717, 1.165) is 29.4 Å². The fraction of sp³-hybridized carbons (Fsp3) is 0.500. The van der Waals surface area contributed by atoms with Gasteiger partial charge < -0.3 is 67.1 Å². The molecule has 2 aliphatic heterocycles. The van der Waals surface area contributed by atoms with Crippen molar-refractivity contribution in [3.05, 3.63) is 42.2 Å². The summed E-state index contributed by atoms with van der Waals surface area (Å²) in [7, 11) is -11.0. The van der Waals surface area contributed by atoms with Crippen LogP contribution in [-0.4, -0.2) is 133 Å². The second-order valence-electron chi connectivity index (χ2n) is 11.9. The van der Waals surface area contributed by atoms with E-state index in [9.17, 15) is 58.8 Å². The Balaban J connectivity index is 1.18. The number of primary amides is 1. The van der Waals surface area contributed by atoms with E-state index in [-0.39, 0.29) is 22.5 Å². The Morgan fingerprint density at radius 2 is 1.57 bits per heavy atom. The molecule has 3 aromatic heterocycles. The van der Waals surface area contributed by atoms with Crippen LogP contribution in [0.25, 0.3) is 11.2 Å². The number of amides is 1. The van der Waals surface area contributed by atoms with Gasteiger partial charge in [0.1, 0.15) is 60.1 Å². The van der Waals surface area contributed by atoms with Crippen molar-refractivity contribution in [1.82, 2.24) is 19.5 Å². The smallest absolute Gasteiger partial charge is 0.480 e. The van der Waals surface area contributed by atoms with Gasteiger partial charge in [-0.25, -0.2) is 24.1 Å². The van der Waals surface area contributed by atoms with Crippen LogP contribution in [0.3, 0.4) is 0 Å². The summed E-state index contributed by atoms with van der Waals surface area (Å²) in [5, 5.41) is 61.6. The van der Waals surface area contributed by atoms with Crippen LogP contribution in [0.5, 0.6) is 0 Å². The number of nitrogen functional groups attached to an aromatic ring is 1. The van der Waals surface area contributed by atoms with Crippen LogP contribution >= 0.6 is 15.6 Å². The van der Waals surface area contributed by atoms with Crippen molar-refractivity contribution in [3.63, 3.8) is 0 Å². The fourth-order valence-corrected chi connectivity index (χ4v) is 7.58. The number of phosphoric acid groups is 2. The summed E-state index contributed by atoms with van der Waals surface area (Å²) in [5.74, 6) is -3.72. The molecule has 0 radical (unpaired) electrons. The van der Waals surface area contributed by atoms with E-state index >= 15 is 0 Å². The molecule has 28 heteroatoms. The lowest BCUT2D eigenvalue weighted by molar-refractivity contribution is -0.765. The van der Waals surface area contributed by atoms with E-state index in [1.807, 2.05) is 0 Å². The minimum atomic E-state index is -5.52. The molecule has 0 bridgehead atoms. The Hall–Kier alpha value is -3.95. The molecule has 0 aliphatic carbocycles. The van der Waals surface area contributed by atoms with Crippen LogP contribution < -0.4 is 21.8 Å². The molecular formula is C26H35N8O18P2+. The summed E-state index contributed by atoms with van der Waals surface area (Å²) in [4.78, 5) is 67.6. The number of ether oxygens (including phenoxy) is 2. The lowest BCUT2D eigenvalue weighted by atomic mass is 9.97. The number of aromatic nitrogens is 5. The van der Waals surface area contributed by atoms with Crippen LogP contribution in [-0.2, 0) is 41.6 Å². The first kappa shape index (κ1) is 41.2. The molecule has 0 saturated carbocycles. The molecule has 26 nitrogen and oxygen atoms in total. The van der Waals surface area contributed by atoms with Crippen molar-refractivity contribution in [2.75, 3.05) is 18.9 Å². The number of carboxylic acid groups (broad SMARTS) is 1. The summed E-state index contributed by atoms with van der Waals surface area (Å²) < 4.78 is 52.1. The molecule has 5 rings (SSSR count). The number of anilines is 1. The fourth-order valence-electron chi connectivity index (χ4n) is 5.49. The van der Waals surface area contributed by atoms with Crippen LogP contribution in [0.15, 0.2) is 31.1 Å². The molecule has 0 aromatic carbocycles. The lowest BCUT2D eigenvalue weighted by Gasteiger charge is -2.20. The molecule has 54 heavy (non-hydrogen) atoms. The molecule has 12 atom stereocenters. The standard InChI is InChI=1S/C26H34N8O18P2/c27-11(26(42)43)3-12(35)16(36)9-1-2-33(4-10(9)22(29)41)24-19(39)17(37)13(50-24)5-48-53(44,45)52-54(46,47)49-6-14-18(38)20(40)25(51-14)34-8-32-15-21(28)30-7-31-23(15)34/h1-2,4,7-8,11,13-14,16-20,24-25,36-40H,3,5-6,27H2,(H6-,28,29,30,31,41,42,43,44,45,46,47)/p+1. The van der Waals surface area contributed by atoms with Crippen molar-refractivity contribution in [3.8, 4) is 0 Å². The van der Waals surface area contributed by atoms with Gasteiger partial charge in [0.25, 0.3) is 12.1 Å². The number of carbonyl (C=O) groups excluding carboxylic acids is 2. The predicted octanol–water partition coefficient (Wildman–Crippen LogP) is -4.61. The average Bonchev–Trinajstić information content (AvgIpc) is 3.75. The number of hydrogen-bond donors (Lipinski definition) is 11. The highest BCUT2D eigenvalue weighted by Crippen LogP contribution is 2.60. The highest BCUT2D eigenvalue weighted by Gasteiger charge is 2.50. The van der Waals surface area contributed by atoms with Gasteiger partial charge >= 0.3 is 21.6 Å². The Labute approximate surface area is 301 Å². The number of hydrogen-bond acceptors (Lipinski definition) is 20. The predicted molar refractivity (Wildman–Crippen MR) is 170 cm³/mol. The van der Waals surface area contributed by atoms with Crippen molar-refractivity contribution in [2.45, 2.75) is 67.6 Å². The largest absolute Gasteiger partial charge is 0.481 e. The minimum Gasteiger partial charge on any atom is -0.480 e. The van der Waals surface area contributed by atoms with Gasteiger partial charge in [0.2, 0.25) is 0 Å². The Bertz CT molecular complexity index is 2010. The van der Waals surface area contributed by atoms with Crippen molar-refractivity contribution in [2.24, 2.45) is 11.5 Å². The monoisotopic (exact) mass is 809 g/mol. The van der Waals surface area contributed by atoms with Crippen LogP contribution in [0, 0.1) is 0 Å². The van der Waals surface area contributed by atoms with E-state index in [1.165, 1.54) is 10.9 Å². The summed E-state index contributed by atoms with van der Waals surface area (Å²) in [5.41, 5.74) is 15.9. The topological polar surface area (TPSA) is 419 Å². The first-order valence-electron chi connectivity index (χ1n) is 15.4. The van der Waals surface area contributed by atoms with Crippen LogP contribution in [0.2, 0.25) is 0 Å². The van der Waals surface area contributed by atoms with E-state index in [1.54, 1.807) is 0 Å². The third kappa shape index (κ3) is 8.78. The molecular weight excluding hydrogens is 774 g/mol. The normalized spacial score (nSPS) is 29.0. The lowest BCUT2D eigenvalue weighted by Crippen LogP contribution is -2.47. The average molecular weight is 810 g/mol. The van der Waals surface area contributed by atoms with Gasteiger partial charge in [-0.2, -0.15) is 8.88 Å². The third-order valence-electron chi connectivity index (χ3n) is 8.26. The van der Waals surface area contributed by atoms with E-state index in [0.29, 0.717) is 0 Å². The number of pyridine rings is 1. The number of nitrogens with zero attached hydrogens (tertiary/aromatic N) is 5. The number of phosphoric ester groups is 2. The molecule has 0 spiro atoms. The van der Waals surface area contributed by atoms with Gasteiger partial charge in [-0.3, -0.25) is 28.0 Å². The van der Waals surface area contributed by atoms with Gasteiger partial charge in [0, 0.05) is 18.1 Å². The van der Waals surface area contributed by atoms with Gasteiger partial charge in [-0.15, -0.1) is 0 Å². The summed E-state index contributed by atoms with van der Waals surface area (Å²) in [6.45, 7) is -2.01.